The maximum atomic E-state index is 12.9. The number of aliphatic hydroxyl groups excluding tert-OH is 4. The van der Waals surface area contributed by atoms with Crippen molar-refractivity contribution >= 4 is 23.6 Å². The third-order valence-corrected chi connectivity index (χ3v) is 4.92. The number of carboxylic acid groups (broad SMARTS) is 1. The van der Waals surface area contributed by atoms with Crippen LogP contribution in [0.2, 0.25) is 0 Å². The van der Waals surface area contributed by atoms with Crippen LogP contribution >= 0.6 is 0 Å². The zero-order chi connectivity index (χ0) is 25.3. The summed E-state index contributed by atoms with van der Waals surface area (Å²) in [6, 6.07) is 2.89. The molecule has 0 bridgehead atoms. The Bertz CT molecular complexity index is 823. The lowest BCUT2D eigenvalue weighted by molar-refractivity contribution is -0.148. The molecule has 13 nitrogen and oxygen atoms in total. The van der Waals surface area contributed by atoms with Crippen LogP contribution in [0.25, 0.3) is 0 Å². The van der Waals surface area contributed by atoms with E-state index in [-0.39, 0.29) is 12.1 Å². The van der Waals surface area contributed by atoms with Gasteiger partial charge in [0.25, 0.3) is 0 Å². The number of carbonyl (C=O) groups is 4. The molecular formula is C20H30N4O9. The van der Waals surface area contributed by atoms with Crippen LogP contribution in [-0.2, 0) is 19.2 Å². The summed E-state index contributed by atoms with van der Waals surface area (Å²) in [7, 11) is 0. The molecule has 0 heterocycles. The number of nitrogens with one attached hydrogen (secondary N) is 2. The third-order valence-electron chi connectivity index (χ3n) is 4.92. The van der Waals surface area contributed by atoms with E-state index in [9.17, 15) is 44.7 Å². The zero-order valence-corrected chi connectivity index (χ0v) is 17.9. The summed E-state index contributed by atoms with van der Waals surface area (Å²) >= 11 is 0. The van der Waals surface area contributed by atoms with Crippen LogP contribution in [0.4, 0.5) is 0 Å². The normalized spacial score (nSPS) is 17.5. The monoisotopic (exact) mass is 470 g/mol. The van der Waals surface area contributed by atoms with Gasteiger partial charge in [-0.3, -0.25) is 19.2 Å². The number of benzene rings is 1. The van der Waals surface area contributed by atoms with Gasteiger partial charge in [0.15, 0.2) is 5.78 Å². The van der Waals surface area contributed by atoms with Gasteiger partial charge >= 0.3 is 5.97 Å². The highest BCUT2D eigenvalue weighted by Gasteiger charge is 2.42. The molecule has 33 heavy (non-hydrogen) atoms. The van der Waals surface area contributed by atoms with Gasteiger partial charge in [-0.15, -0.1) is 0 Å². The molecule has 0 spiro atoms. The molecule has 1 rings (SSSR count). The molecule has 13 heteroatoms. The molecule has 11 N–H and O–H groups in total. The highest BCUT2D eigenvalue weighted by molar-refractivity contribution is 5.95. The molecule has 7 atom stereocenters. The van der Waals surface area contributed by atoms with Crippen LogP contribution in [0.5, 0.6) is 0 Å². The number of amides is 2. The van der Waals surface area contributed by atoms with Crippen LogP contribution < -0.4 is 22.1 Å². The van der Waals surface area contributed by atoms with E-state index in [1.807, 2.05) is 0 Å². The Hall–Kier alpha value is -2.94. The number of nitrogens with two attached hydrogens (primary N) is 2. The minimum absolute atomic E-state index is 0.161. The summed E-state index contributed by atoms with van der Waals surface area (Å²) in [4.78, 5) is 47.3. The molecular weight excluding hydrogens is 440 g/mol. The van der Waals surface area contributed by atoms with Crippen LogP contribution in [0.3, 0.4) is 0 Å². The predicted molar refractivity (Wildman–Crippen MR) is 113 cm³/mol. The van der Waals surface area contributed by atoms with Crippen molar-refractivity contribution in [3.63, 3.8) is 0 Å². The summed E-state index contributed by atoms with van der Waals surface area (Å²) in [5.41, 5.74) is 11.4. The lowest BCUT2D eigenvalue weighted by atomic mass is 9.83. The van der Waals surface area contributed by atoms with E-state index in [2.05, 4.69) is 10.6 Å². The van der Waals surface area contributed by atoms with E-state index in [4.69, 9.17) is 11.5 Å². The number of ketones is 1. The smallest absolute Gasteiger partial charge is 0.321 e. The van der Waals surface area contributed by atoms with E-state index in [1.165, 1.54) is 31.2 Å². The predicted octanol–water partition coefficient (Wildman–Crippen LogP) is -4.23. The van der Waals surface area contributed by atoms with Crippen molar-refractivity contribution < 1.29 is 44.7 Å². The van der Waals surface area contributed by atoms with E-state index in [0.717, 1.165) is 0 Å². The van der Waals surface area contributed by atoms with Gasteiger partial charge in [-0.25, -0.2) is 0 Å². The summed E-state index contributed by atoms with van der Waals surface area (Å²) in [5, 5.41) is 54.3. The second-order valence-corrected chi connectivity index (χ2v) is 7.42. The van der Waals surface area contributed by atoms with Gasteiger partial charge in [-0.2, -0.15) is 0 Å². The number of carboxylic acids is 1. The Morgan fingerprint density at radius 3 is 2.06 bits per heavy atom. The first-order chi connectivity index (χ1) is 15.4. The SMILES string of the molecule is CC(=O)NC[C@H](N)C(=O)N[C@@H](CO)[C@@H](O)[C@@H](O)[C@H](O)C(=O)C(c1ccccc1)[C@H](N)C(=O)O. The Balaban J connectivity index is 2.98. The molecule has 0 fully saturated rings. The minimum Gasteiger partial charge on any atom is -0.480 e. The Morgan fingerprint density at radius 1 is 1.00 bits per heavy atom. The third kappa shape index (κ3) is 7.85. The molecule has 0 aliphatic rings. The van der Waals surface area contributed by atoms with Crippen molar-refractivity contribution in [2.45, 2.75) is 49.3 Å². The van der Waals surface area contributed by atoms with Crippen molar-refractivity contribution in [3.8, 4) is 0 Å². The molecule has 0 saturated heterocycles. The zero-order valence-electron chi connectivity index (χ0n) is 17.9. The van der Waals surface area contributed by atoms with Crippen molar-refractivity contribution in [3.05, 3.63) is 35.9 Å². The number of carbonyl (C=O) groups excluding carboxylic acids is 3. The molecule has 0 saturated carbocycles. The summed E-state index contributed by atoms with van der Waals surface area (Å²) in [5.74, 6) is -5.62. The largest absolute Gasteiger partial charge is 0.480 e. The Labute approximate surface area is 189 Å². The van der Waals surface area contributed by atoms with Gasteiger partial charge in [-0.05, 0) is 5.56 Å². The number of aliphatic carboxylic acids is 1. The van der Waals surface area contributed by atoms with Gasteiger partial charge in [0.1, 0.15) is 30.4 Å². The van der Waals surface area contributed by atoms with Crippen molar-refractivity contribution in [1.82, 2.24) is 10.6 Å². The van der Waals surface area contributed by atoms with E-state index >= 15 is 0 Å². The van der Waals surface area contributed by atoms with Gasteiger partial charge < -0.3 is 47.6 Å². The average molecular weight is 470 g/mol. The van der Waals surface area contributed by atoms with Crippen LogP contribution in [0.15, 0.2) is 30.3 Å². The summed E-state index contributed by atoms with van der Waals surface area (Å²) in [6.45, 7) is 0.0536. The first-order valence-corrected chi connectivity index (χ1v) is 9.94. The number of rotatable bonds is 13. The maximum Gasteiger partial charge on any atom is 0.321 e. The molecule has 0 aliphatic carbocycles. The van der Waals surface area contributed by atoms with E-state index in [0.29, 0.717) is 0 Å². The Kier molecular flexibility index (Phi) is 11.0. The molecule has 184 valence electrons. The van der Waals surface area contributed by atoms with Gasteiger partial charge in [0, 0.05) is 13.5 Å². The first kappa shape index (κ1) is 28.1. The van der Waals surface area contributed by atoms with Crippen molar-refractivity contribution in [1.29, 1.82) is 0 Å². The second kappa shape index (κ2) is 12.9. The molecule has 1 unspecified atom stereocenters. The van der Waals surface area contributed by atoms with E-state index < -0.39 is 72.5 Å². The molecule has 1 aromatic carbocycles. The number of hydrogen-bond donors (Lipinski definition) is 9. The number of hydrogen-bond acceptors (Lipinski definition) is 10. The standard InChI is InChI=1S/C20H30N4O9/c1-9(26)23-7-11(21)19(31)24-12(8-25)15(27)17(29)18(30)16(28)13(14(22)20(32)33)10-5-3-2-4-6-10/h2-6,11-15,17-18,25,27,29-30H,7-8,21-22H2,1H3,(H,23,26)(H,24,31)(H,32,33)/t11-,12-,13?,14-,15+,17+,18+/m0/s1. The van der Waals surface area contributed by atoms with E-state index in [1.54, 1.807) is 6.07 Å². The molecule has 0 aliphatic heterocycles. The van der Waals surface area contributed by atoms with Crippen LogP contribution in [-0.4, -0.2) is 98.7 Å². The quantitative estimate of drug-likeness (QED) is 0.134. The molecule has 0 aromatic heterocycles. The fraction of sp³-hybridized carbons (Fsp3) is 0.500. The Morgan fingerprint density at radius 2 is 1.58 bits per heavy atom. The first-order valence-electron chi connectivity index (χ1n) is 9.94. The number of aliphatic hydroxyl groups is 4. The maximum absolute atomic E-state index is 12.9. The van der Waals surface area contributed by atoms with Crippen molar-refractivity contribution in [2.75, 3.05) is 13.2 Å². The summed E-state index contributed by atoms with van der Waals surface area (Å²) in [6.07, 6.45) is -6.59. The van der Waals surface area contributed by atoms with Crippen molar-refractivity contribution in [2.24, 2.45) is 11.5 Å². The molecule has 2 amide bonds. The van der Waals surface area contributed by atoms with Gasteiger partial charge in [0.2, 0.25) is 11.8 Å². The number of Topliss-reactive ketones (excluding diaryl/α,β-unsaturated/α-hetero) is 1. The fourth-order valence-corrected chi connectivity index (χ4v) is 3.00. The van der Waals surface area contributed by atoms with Gasteiger partial charge in [0.05, 0.1) is 18.6 Å². The second-order valence-electron chi connectivity index (χ2n) is 7.42. The molecule has 1 aromatic rings. The van der Waals surface area contributed by atoms with Crippen LogP contribution in [0.1, 0.15) is 18.4 Å². The van der Waals surface area contributed by atoms with Gasteiger partial charge in [-0.1, -0.05) is 30.3 Å². The minimum atomic E-state index is -2.31. The summed E-state index contributed by atoms with van der Waals surface area (Å²) < 4.78 is 0. The lowest BCUT2D eigenvalue weighted by Crippen LogP contribution is -2.59. The highest BCUT2D eigenvalue weighted by atomic mass is 16.4. The highest BCUT2D eigenvalue weighted by Crippen LogP contribution is 2.23. The van der Waals surface area contributed by atoms with Crippen LogP contribution in [0, 0.1) is 0 Å². The molecule has 0 radical (unpaired) electrons. The average Bonchev–Trinajstić information content (AvgIpc) is 2.79. The fourth-order valence-electron chi connectivity index (χ4n) is 3.00. The lowest BCUT2D eigenvalue weighted by Gasteiger charge is -2.31. The topological polar surface area (TPSA) is 246 Å².